The van der Waals surface area contributed by atoms with Crippen LogP contribution in [0, 0.1) is 29.1 Å². The Hall–Kier alpha value is -2.89. The Morgan fingerprint density at radius 2 is 1.45 bits per heavy atom. The highest BCUT2D eigenvalue weighted by molar-refractivity contribution is 8.06. The van der Waals surface area contributed by atoms with Gasteiger partial charge in [0.15, 0.2) is 22.5 Å². The van der Waals surface area contributed by atoms with Crippen molar-refractivity contribution < 1.29 is 44.7 Å². The van der Waals surface area contributed by atoms with Gasteiger partial charge in [-0.25, -0.2) is 12.8 Å². The van der Waals surface area contributed by atoms with Gasteiger partial charge in [0.1, 0.15) is 18.0 Å². The fourth-order valence-corrected chi connectivity index (χ4v) is 3.68. The second-order valence-corrected chi connectivity index (χ2v) is 9.16. The van der Waals surface area contributed by atoms with Crippen molar-refractivity contribution in [2.45, 2.75) is 32.5 Å². The molecule has 0 saturated carbocycles. The molecule has 31 heavy (non-hydrogen) atoms. The number of ether oxygens (including phenoxy) is 2. The first-order valence-electron chi connectivity index (χ1n) is 8.75. The van der Waals surface area contributed by atoms with Crippen LogP contribution in [-0.2, 0) is 21.3 Å². The minimum atomic E-state index is -4.29. The van der Waals surface area contributed by atoms with E-state index in [1.807, 2.05) is 0 Å². The first kappa shape index (κ1) is 22.8. The summed E-state index contributed by atoms with van der Waals surface area (Å²) in [4.78, 5) is 4.91. The molecule has 12 heteroatoms. The molecule has 168 valence electrons. The summed E-state index contributed by atoms with van der Waals surface area (Å²) in [5, 5.41) is 2.96. The maximum atomic E-state index is 14.3. The van der Waals surface area contributed by atoms with Gasteiger partial charge in [-0.3, -0.25) is 0 Å². The predicted octanol–water partition coefficient (Wildman–Crippen LogP) is 4.22. The van der Waals surface area contributed by atoms with E-state index < -0.39 is 73.6 Å². The molecule has 0 aromatic heterocycles. The van der Waals surface area contributed by atoms with Gasteiger partial charge in [0.2, 0.25) is 33.1 Å². The monoisotopic (exact) mass is 465 g/mol. The standard InChI is InChI=1S/C19H16F5NO5S/c1-19(2)7-12(25-30-19)31(26,27)9-29-18-15(23)13(21)17(14(22)16(18)24)28-8-10-3-5-11(20)6-4-10/h3-6H,7-9H2,1-2H3. The molecule has 1 heterocycles. The van der Waals surface area contributed by atoms with Crippen LogP contribution in [-0.4, -0.2) is 25.0 Å². The summed E-state index contributed by atoms with van der Waals surface area (Å²) in [6.45, 7) is 2.61. The van der Waals surface area contributed by atoms with Crippen LogP contribution in [0.15, 0.2) is 29.4 Å². The molecule has 0 amide bonds. The van der Waals surface area contributed by atoms with E-state index in [-0.39, 0.29) is 12.0 Å². The molecular formula is C19H16F5NO5S. The Bertz CT molecular complexity index is 1100. The molecule has 0 spiro atoms. The molecule has 0 atom stereocenters. The number of rotatable bonds is 6. The third-order valence-electron chi connectivity index (χ3n) is 4.17. The number of benzene rings is 2. The lowest BCUT2D eigenvalue weighted by molar-refractivity contribution is 0.0123. The van der Waals surface area contributed by atoms with Crippen molar-refractivity contribution in [1.82, 2.24) is 0 Å². The fraction of sp³-hybridized carbons (Fsp3) is 0.316. The molecule has 0 aliphatic carbocycles. The maximum Gasteiger partial charge on any atom is 0.230 e. The highest BCUT2D eigenvalue weighted by Crippen LogP contribution is 2.35. The zero-order chi connectivity index (χ0) is 23.0. The Morgan fingerprint density at radius 3 is 1.94 bits per heavy atom. The number of oxime groups is 1. The van der Waals surface area contributed by atoms with Crippen molar-refractivity contribution in [3.8, 4) is 11.5 Å². The van der Waals surface area contributed by atoms with Crippen LogP contribution in [0.4, 0.5) is 22.0 Å². The summed E-state index contributed by atoms with van der Waals surface area (Å²) in [6.07, 6.45) is -0.122. The van der Waals surface area contributed by atoms with Crippen molar-refractivity contribution in [1.29, 1.82) is 0 Å². The van der Waals surface area contributed by atoms with Gasteiger partial charge in [-0.15, -0.1) is 0 Å². The lowest BCUT2D eigenvalue weighted by Gasteiger charge is -2.14. The average Bonchev–Trinajstić information content (AvgIpc) is 3.08. The maximum absolute atomic E-state index is 14.3. The largest absolute Gasteiger partial charge is 0.483 e. The van der Waals surface area contributed by atoms with Gasteiger partial charge in [-0.05, 0) is 31.5 Å². The molecule has 2 aromatic carbocycles. The molecule has 6 nitrogen and oxygen atoms in total. The molecule has 3 rings (SSSR count). The number of hydrogen-bond donors (Lipinski definition) is 0. The van der Waals surface area contributed by atoms with Gasteiger partial charge in [0.05, 0.1) is 0 Å². The molecule has 0 bridgehead atoms. The Morgan fingerprint density at radius 1 is 0.935 bits per heavy atom. The summed E-state index contributed by atoms with van der Waals surface area (Å²) in [5.41, 5.74) is -0.629. The lowest BCUT2D eigenvalue weighted by Crippen LogP contribution is -2.26. The highest BCUT2D eigenvalue weighted by atomic mass is 32.2. The van der Waals surface area contributed by atoms with E-state index in [0.717, 1.165) is 12.1 Å². The van der Waals surface area contributed by atoms with Gasteiger partial charge in [0, 0.05) is 6.42 Å². The minimum absolute atomic E-state index is 0.122. The topological polar surface area (TPSA) is 74.2 Å². The second kappa shape index (κ2) is 8.33. The molecule has 0 fully saturated rings. The third-order valence-corrected chi connectivity index (χ3v) is 5.53. The smallest absolute Gasteiger partial charge is 0.230 e. The van der Waals surface area contributed by atoms with E-state index in [1.165, 1.54) is 12.1 Å². The number of halogens is 5. The van der Waals surface area contributed by atoms with Crippen LogP contribution in [0.2, 0.25) is 0 Å². The van der Waals surface area contributed by atoms with Gasteiger partial charge in [0.25, 0.3) is 0 Å². The zero-order valence-electron chi connectivity index (χ0n) is 16.2. The third kappa shape index (κ3) is 4.89. The summed E-state index contributed by atoms with van der Waals surface area (Å²) < 4.78 is 104. The number of hydrogen-bond acceptors (Lipinski definition) is 6. The van der Waals surface area contributed by atoms with Crippen molar-refractivity contribution >= 4 is 14.9 Å². The summed E-state index contributed by atoms with van der Waals surface area (Å²) >= 11 is 0. The van der Waals surface area contributed by atoms with Crippen molar-refractivity contribution in [2.75, 3.05) is 5.94 Å². The molecule has 0 unspecified atom stereocenters. The SMILES string of the molecule is CC1(C)CC(S(=O)(=O)COc2c(F)c(F)c(OCc3ccc(F)cc3)c(F)c2F)=NO1. The highest BCUT2D eigenvalue weighted by Gasteiger charge is 2.37. The van der Waals surface area contributed by atoms with Crippen molar-refractivity contribution in [3.63, 3.8) is 0 Å². The molecule has 0 N–H and O–H groups in total. The quantitative estimate of drug-likeness (QED) is 0.472. The Kier molecular flexibility index (Phi) is 6.12. The van der Waals surface area contributed by atoms with Gasteiger partial charge >= 0.3 is 0 Å². The first-order chi connectivity index (χ1) is 14.4. The predicted molar refractivity (Wildman–Crippen MR) is 98.6 cm³/mol. The average molecular weight is 465 g/mol. The van der Waals surface area contributed by atoms with Crippen LogP contribution >= 0.6 is 0 Å². The Balaban J connectivity index is 1.79. The van der Waals surface area contributed by atoms with Crippen LogP contribution < -0.4 is 9.47 Å². The van der Waals surface area contributed by atoms with Crippen molar-refractivity contribution in [2.24, 2.45) is 5.16 Å². The van der Waals surface area contributed by atoms with Crippen LogP contribution in [0.1, 0.15) is 25.8 Å². The minimum Gasteiger partial charge on any atom is -0.483 e. The van der Waals surface area contributed by atoms with E-state index in [0.29, 0.717) is 0 Å². The van der Waals surface area contributed by atoms with Crippen molar-refractivity contribution in [3.05, 3.63) is 58.9 Å². The van der Waals surface area contributed by atoms with E-state index in [1.54, 1.807) is 13.8 Å². The molecule has 1 aliphatic rings. The second-order valence-electron chi connectivity index (χ2n) is 7.22. The molecule has 2 aromatic rings. The van der Waals surface area contributed by atoms with Crippen LogP contribution in [0.5, 0.6) is 11.5 Å². The number of sulfone groups is 1. The lowest BCUT2D eigenvalue weighted by atomic mass is 10.1. The molecule has 0 radical (unpaired) electrons. The van der Waals surface area contributed by atoms with Gasteiger partial charge < -0.3 is 14.3 Å². The van der Waals surface area contributed by atoms with Crippen LogP contribution in [0.3, 0.4) is 0 Å². The van der Waals surface area contributed by atoms with Gasteiger partial charge in [-0.1, -0.05) is 17.3 Å². The van der Waals surface area contributed by atoms with E-state index in [9.17, 15) is 30.4 Å². The van der Waals surface area contributed by atoms with E-state index in [4.69, 9.17) is 9.57 Å². The fourth-order valence-electron chi connectivity index (χ4n) is 2.56. The summed E-state index contributed by atoms with van der Waals surface area (Å²) in [6, 6.07) is 4.61. The van der Waals surface area contributed by atoms with Gasteiger partial charge in [-0.2, -0.15) is 17.6 Å². The number of nitrogens with zero attached hydrogens (tertiary/aromatic N) is 1. The summed E-state index contributed by atoms with van der Waals surface area (Å²) in [5.74, 6) is -12.6. The van der Waals surface area contributed by atoms with E-state index >= 15 is 0 Å². The Labute approximate surface area is 174 Å². The summed E-state index contributed by atoms with van der Waals surface area (Å²) in [7, 11) is -4.29. The molecular weight excluding hydrogens is 449 g/mol. The van der Waals surface area contributed by atoms with Crippen LogP contribution in [0.25, 0.3) is 0 Å². The molecule has 1 aliphatic heterocycles. The zero-order valence-corrected chi connectivity index (χ0v) is 17.0. The first-order valence-corrected chi connectivity index (χ1v) is 10.4. The normalized spacial score (nSPS) is 15.4. The van der Waals surface area contributed by atoms with E-state index in [2.05, 4.69) is 9.89 Å². The molecule has 0 saturated heterocycles.